The third-order valence-electron chi connectivity index (χ3n) is 3.30. The van der Waals surface area contributed by atoms with Gasteiger partial charge in [0.2, 0.25) is 11.8 Å². The van der Waals surface area contributed by atoms with Crippen LogP contribution in [0.25, 0.3) is 0 Å². The SMILES string of the molecule is CCCCCC1CSC(c2cnc(C#N)nc2F)SC1. The Morgan fingerprint density at radius 2 is 2.15 bits per heavy atom. The Morgan fingerprint density at radius 3 is 2.75 bits per heavy atom. The first-order chi connectivity index (χ1) is 9.74. The maximum absolute atomic E-state index is 13.8. The number of rotatable bonds is 5. The van der Waals surface area contributed by atoms with Crippen LogP contribution in [0.15, 0.2) is 6.20 Å². The van der Waals surface area contributed by atoms with Crippen LogP contribution in [0.3, 0.4) is 0 Å². The number of thioether (sulfide) groups is 2. The molecule has 1 aromatic rings. The second-order valence-electron chi connectivity index (χ2n) is 4.91. The van der Waals surface area contributed by atoms with Gasteiger partial charge in [-0.05, 0) is 23.8 Å². The maximum atomic E-state index is 13.8. The highest BCUT2D eigenvalue weighted by Gasteiger charge is 2.26. The van der Waals surface area contributed by atoms with E-state index in [0.717, 1.165) is 17.4 Å². The van der Waals surface area contributed by atoms with Gasteiger partial charge in [0.05, 0.1) is 4.58 Å². The average molecular weight is 311 g/mol. The summed E-state index contributed by atoms with van der Waals surface area (Å²) in [5.74, 6) is 2.22. The van der Waals surface area contributed by atoms with Crippen LogP contribution in [0, 0.1) is 23.2 Å². The molecule has 20 heavy (non-hydrogen) atoms. The second-order valence-corrected chi connectivity index (χ2v) is 7.49. The normalized spacial score (nSPS) is 22.4. The molecule has 0 unspecified atom stereocenters. The Kier molecular flexibility index (Phi) is 6.11. The Bertz CT molecular complexity index is 482. The number of halogens is 1. The Labute approximate surface area is 127 Å². The molecule has 0 spiro atoms. The molecule has 0 aliphatic carbocycles. The van der Waals surface area contributed by atoms with Crippen molar-refractivity contribution in [3.63, 3.8) is 0 Å². The van der Waals surface area contributed by atoms with Crippen LogP contribution < -0.4 is 0 Å². The number of hydrogen-bond donors (Lipinski definition) is 0. The molecular weight excluding hydrogens is 293 g/mol. The summed E-state index contributed by atoms with van der Waals surface area (Å²) in [5, 5.41) is 8.65. The number of nitriles is 1. The molecule has 1 aliphatic rings. The number of aromatic nitrogens is 2. The van der Waals surface area contributed by atoms with E-state index in [1.165, 1.54) is 31.9 Å². The van der Waals surface area contributed by atoms with Crippen LogP contribution in [-0.2, 0) is 0 Å². The molecule has 1 aromatic heterocycles. The van der Waals surface area contributed by atoms with E-state index in [9.17, 15) is 4.39 Å². The zero-order valence-corrected chi connectivity index (χ0v) is 13.1. The van der Waals surface area contributed by atoms with E-state index in [1.807, 2.05) is 0 Å². The first-order valence-corrected chi connectivity index (χ1v) is 9.00. The fourth-order valence-electron chi connectivity index (χ4n) is 2.15. The molecular formula is C14H18FN3S2. The minimum Gasteiger partial charge on any atom is -0.227 e. The first-order valence-electron chi connectivity index (χ1n) is 6.90. The lowest BCUT2D eigenvalue weighted by molar-refractivity contribution is 0.543. The summed E-state index contributed by atoms with van der Waals surface area (Å²) >= 11 is 3.54. The Hall–Kier alpha value is -0.800. The van der Waals surface area contributed by atoms with Crippen molar-refractivity contribution in [1.29, 1.82) is 5.26 Å². The number of hydrogen-bond acceptors (Lipinski definition) is 5. The molecule has 3 nitrogen and oxygen atoms in total. The number of nitrogens with zero attached hydrogens (tertiary/aromatic N) is 3. The van der Waals surface area contributed by atoms with E-state index in [1.54, 1.807) is 29.6 Å². The number of unbranched alkanes of at least 4 members (excludes halogenated alkanes) is 2. The fraction of sp³-hybridized carbons (Fsp3) is 0.643. The van der Waals surface area contributed by atoms with Gasteiger partial charge < -0.3 is 0 Å². The Morgan fingerprint density at radius 1 is 1.40 bits per heavy atom. The van der Waals surface area contributed by atoms with E-state index >= 15 is 0 Å². The molecule has 6 heteroatoms. The molecule has 1 aliphatic heterocycles. The predicted molar refractivity (Wildman–Crippen MR) is 82.0 cm³/mol. The van der Waals surface area contributed by atoms with E-state index < -0.39 is 5.95 Å². The van der Waals surface area contributed by atoms with Crippen LogP contribution in [0.5, 0.6) is 0 Å². The zero-order valence-electron chi connectivity index (χ0n) is 11.5. The van der Waals surface area contributed by atoms with Gasteiger partial charge in [0.15, 0.2) is 0 Å². The van der Waals surface area contributed by atoms with E-state index in [0.29, 0.717) is 5.56 Å². The van der Waals surface area contributed by atoms with Gasteiger partial charge in [-0.1, -0.05) is 26.2 Å². The van der Waals surface area contributed by atoms with Crippen LogP contribution in [-0.4, -0.2) is 21.5 Å². The minimum atomic E-state index is -0.550. The van der Waals surface area contributed by atoms with Gasteiger partial charge in [0.25, 0.3) is 0 Å². The highest BCUT2D eigenvalue weighted by Crippen LogP contribution is 2.46. The average Bonchev–Trinajstić information content (AvgIpc) is 2.48. The van der Waals surface area contributed by atoms with Crippen molar-refractivity contribution in [1.82, 2.24) is 9.97 Å². The lowest BCUT2D eigenvalue weighted by Gasteiger charge is -2.27. The largest absolute Gasteiger partial charge is 0.234 e. The second kappa shape index (κ2) is 7.84. The monoisotopic (exact) mass is 311 g/mol. The topological polar surface area (TPSA) is 49.6 Å². The maximum Gasteiger partial charge on any atom is 0.234 e. The van der Waals surface area contributed by atoms with Crippen molar-refractivity contribution < 1.29 is 4.39 Å². The van der Waals surface area contributed by atoms with Gasteiger partial charge in [-0.3, -0.25) is 0 Å². The van der Waals surface area contributed by atoms with Crippen LogP contribution in [0.1, 0.15) is 48.6 Å². The highest BCUT2D eigenvalue weighted by atomic mass is 32.2. The molecule has 2 heterocycles. The summed E-state index contributed by atoms with van der Waals surface area (Å²) in [6.45, 7) is 2.22. The summed E-state index contributed by atoms with van der Waals surface area (Å²) < 4.78 is 13.9. The quantitative estimate of drug-likeness (QED) is 0.603. The molecule has 2 rings (SSSR count). The summed E-state index contributed by atoms with van der Waals surface area (Å²) in [6.07, 6.45) is 6.58. The molecule has 0 saturated carbocycles. The molecule has 0 radical (unpaired) electrons. The standard InChI is InChI=1S/C14H18FN3S2/c1-2-3-4-5-10-8-19-14(20-9-10)11-7-17-12(6-16)18-13(11)15/h7,10,14H,2-5,8-9H2,1H3. The molecule has 0 amide bonds. The zero-order chi connectivity index (χ0) is 14.4. The third-order valence-corrected chi connectivity index (χ3v) is 6.56. The van der Waals surface area contributed by atoms with Gasteiger partial charge in [-0.25, -0.2) is 4.98 Å². The summed E-state index contributed by atoms with van der Waals surface area (Å²) in [4.78, 5) is 7.45. The van der Waals surface area contributed by atoms with E-state index in [4.69, 9.17) is 5.26 Å². The van der Waals surface area contributed by atoms with Crippen molar-refractivity contribution in [3.05, 3.63) is 23.5 Å². The van der Waals surface area contributed by atoms with Crippen molar-refractivity contribution in [2.24, 2.45) is 5.92 Å². The molecule has 0 aromatic carbocycles. The predicted octanol–water partition coefficient (Wildman–Crippen LogP) is 4.16. The fourth-order valence-corrected chi connectivity index (χ4v) is 5.30. The molecule has 0 atom stereocenters. The van der Waals surface area contributed by atoms with E-state index in [2.05, 4.69) is 16.9 Å². The molecule has 108 valence electrons. The van der Waals surface area contributed by atoms with Crippen molar-refractivity contribution in [2.75, 3.05) is 11.5 Å². The lowest BCUT2D eigenvalue weighted by atomic mass is 10.1. The van der Waals surface area contributed by atoms with Gasteiger partial charge in [-0.2, -0.15) is 14.6 Å². The van der Waals surface area contributed by atoms with Gasteiger partial charge in [0, 0.05) is 11.8 Å². The van der Waals surface area contributed by atoms with E-state index in [-0.39, 0.29) is 10.4 Å². The third kappa shape index (κ3) is 4.10. The summed E-state index contributed by atoms with van der Waals surface area (Å²) in [7, 11) is 0. The van der Waals surface area contributed by atoms with Crippen LogP contribution in [0.4, 0.5) is 4.39 Å². The molecule has 0 N–H and O–H groups in total. The first kappa shape index (κ1) is 15.6. The molecule has 1 fully saturated rings. The van der Waals surface area contributed by atoms with Crippen molar-refractivity contribution >= 4 is 23.5 Å². The molecule has 0 bridgehead atoms. The summed E-state index contributed by atoms with van der Waals surface area (Å²) in [6, 6.07) is 1.76. The molecule has 1 saturated heterocycles. The smallest absolute Gasteiger partial charge is 0.227 e. The lowest BCUT2D eigenvalue weighted by Crippen LogP contribution is -2.15. The van der Waals surface area contributed by atoms with Crippen LogP contribution >= 0.6 is 23.5 Å². The van der Waals surface area contributed by atoms with Gasteiger partial charge in [0.1, 0.15) is 6.07 Å². The summed E-state index contributed by atoms with van der Waals surface area (Å²) in [5.41, 5.74) is 0.519. The highest BCUT2D eigenvalue weighted by molar-refractivity contribution is 8.16. The van der Waals surface area contributed by atoms with Gasteiger partial charge >= 0.3 is 0 Å². The van der Waals surface area contributed by atoms with Crippen LogP contribution in [0.2, 0.25) is 0 Å². The van der Waals surface area contributed by atoms with Crippen molar-refractivity contribution in [3.8, 4) is 6.07 Å². The van der Waals surface area contributed by atoms with Gasteiger partial charge in [-0.15, -0.1) is 23.5 Å². The minimum absolute atomic E-state index is 0.0603. The van der Waals surface area contributed by atoms with Crippen molar-refractivity contribution in [2.45, 2.75) is 37.2 Å². The Balaban J connectivity index is 1.89.